The highest BCUT2D eigenvalue weighted by molar-refractivity contribution is 6.25. The summed E-state index contributed by atoms with van der Waals surface area (Å²) in [4.78, 5) is 21.0. The summed E-state index contributed by atoms with van der Waals surface area (Å²) < 4.78 is 0. The van der Waals surface area contributed by atoms with E-state index in [4.69, 9.17) is 0 Å². The van der Waals surface area contributed by atoms with Crippen molar-refractivity contribution in [3.05, 3.63) is 40.1 Å². The summed E-state index contributed by atoms with van der Waals surface area (Å²) in [7, 11) is 1.96. The van der Waals surface area contributed by atoms with Gasteiger partial charge in [-0.25, -0.2) is 9.89 Å². The lowest BCUT2D eigenvalue weighted by atomic mass is 10.0. The van der Waals surface area contributed by atoms with Crippen LogP contribution in [0.3, 0.4) is 0 Å². The van der Waals surface area contributed by atoms with Crippen LogP contribution in [-0.4, -0.2) is 23.8 Å². The van der Waals surface area contributed by atoms with E-state index in [0.717, 1.165) is 28.5 Å². The van der Waals surface area contributed by atoms with Crippen molar-refractivity contribution in [3.63, 3.8) is 0 Å². The van der Waals surface area contributed by atoms with Gasteiger partial charge in [0, 0.05) is 18.3 Å². The minimum Gasteiger partial charge on any atom is -0.319 e. The summed E-state index contributed by atoms with van der Waals surface area (Å²) in [5.41, 5.74) is 6.27. The van der Waals surface area contributed by atoms with E-state index >= 15 is 0 Å². The molecule has 1 amide bonds. The second-order valence-corrected chi connectivity index (χ2v) is 5.59. The molecule has 20 heavy (non-hydrogen) atoms. The third-order valence-electron chi connectivity index (χ3n) is 4.40. The van der Waals surface area contributed by atoms with Crippen LogP contribution in [0.5, 0.6) is 0 Å². The topological polar surface area (TPSA) is 35.9 Å². The summed E-state index contributed by atoms with van der Waals surface area (Å²) in [6.07, 6.45) is 0. The van der Waals surface area contributed by atoms with E-state index in [2.05, 4.69) is 31.0 Å². The summed E-state index contributed by atoms with van der Waals surface area (Å²) in [5, 5.41) is 0. The van der Waals surface area contributed by atoms with Gasteiger partial charge in [-0.3, -0.25) is 4.79 Å². The number of allylic oxidation sites excluding steroid dienone is 1. The van der Waals surface area contributed by atoms with Gasteiger partial charge in [0.15, 0.2) is 0 Å². The van der Waals surface area contributed by atoms with Crippen LogP contribution < -0.4 is 4.90 Å². The van der Waals surface area contributed by atoms with Gasteiger partial charge < -0.3 is 4.90 Å². The predicted molar refractivity (Wildman–Crippen MR) is 80.7 cm³/mol. The van der Waals surface area contributed by atoms with Crippen LogP contribution in [0, 0.1) is 13.8 Å². The Bertz CT molecular complexity index is 685. The molecule has 2 aliphatic rings. The molecule has 0 bridgehead atoms. The molecule has 104 valence electrons. The van der Waals surface area contributed by atoms with Gasteiger partial charge in [0.2, 0.25) is 5.96 Å². The van der Waals surface area contributed by atoms with E-state index in [1.165, 1.54) is 11.1 Å². The number of nitrogens with zero attached hydrogens (tertiary/aromatic N) is 3. The highest BCUT2D eigenvalue weighted by Crippen LogP contribution is 2.34. The standard InChI is InChI=1S/C16H19N3O/c1-9-6-13-8-17-16-18(5)12(4)11(3)15(20)19(16)14(13)7-10(9)2/h6-7H,8H2,1-5H3. The van der Waals surface area contributed by atoms with Gasteiger partial charge in [-0.15, -0.1) is 0 Å². The molecule has 1 aromatic rings. The molecule has 4 heteroatoms. The van der Waals surface area contributed by atoms with Crippen LogP contribution in [0.1, 0.15) is 30.5 Å². The van der Waals surface area contributed by atoms with Crippen LogP contribution in [-0.2, 0) is 11.3 Å². The van der Waals surface area contributed by atoms with Crippen molar-refractivity contribution in [2.24, 2.45) is 4.99 Å². The molecule has 0 aromatic heterocycles. The number of rotatable bonds is 0. The molecule has 0 aliphatic carbocycles. The second-order valence-electron chi connectivity index (χ2n) is 5.59. The van der Waals surface area contributed by atoms with Gasteiger partial charge >= 0.3 is 0 Å². The lowest BCUT2D eigenvalue weighted by Crippen LogP contribution is -2.52. The Kier molecular flexibility index (Phi) is 2.71. The molecule has 2 aliphatic heterocycles. The Labute approximate surface area is 119 Å². The summed E-state index contributed by atoms with van der Waals surface area (Å²) >= 11 is 0. The maximum atomic E-state index is 12.6. The molecule has 0 atom stereocenters. The first kappa shape index (κ1) is 12.9. The normalized spacial score (nSPS) is 18.1. The van der Waals surface area contributed by atoms with E-state index in [9.17, 15) is 4.79 Å². The fraction of sp³-hybridized carbons (Fsp3) is 0.375. The molecule has 0 saturated heterocycles. The number of carbonyl (C=O) groups is 1. The molecule has 0 spiro atoms. The van der Waals surface area contributed by atoms with Crippen molar-refractivity contribution in [2.75, 3.05) is 11.9 Å². The van der Waals surface area contributed by atoms with Crippen LogP contribution >= 0.6 is 0 Å². The number of hydrogen-bond acceptors (Lipinski definition) is 3. The molecular weight excluding hydrogens is 250 g/mol. The van der Waals surface area contributed by atoms with Gasteiger partial charge in [0.05, 0.1) is 12.2 Å². The lowest BCUT2D eigenvalue weighted by molar-refractivity contribution is -0.114. The number of fused-ring (bicyclic) bond motifs is 3. The molecule has 3 rings (SSSR count). The number of guanidine groups is 1. The van der Waals surface area contributed by atoms with Crippen LogP contribution in [0.25, 0.3) is 0 Å². The second kappa shape index (κ2) is 4.20. The van der Waals surface area contributed by atoms with Crippen molar-refractivity contribution >= 4 is 17.6 Å². The van der Waals surface area contributed by atoms with Gasteiger partial charge in [-0.2, -0.15) is 0 Å². The van der Waals surface area contributed by atoms with Gasteiger partial charge in [-0.05, 0) is 50.5 Å². The monoisotopic (exact) mass is 269 g/mol. The molecule has 1 aromatic carbocycles. The van der Waals surface area contributed by atoms with E-state index in [0.29, 0.717) is 6.54 Å². The summed E-state index contributed by atoms with van der Waals surface area (Å²) in [5.74, 6) is 0.761. The Hall–Kier alpha value is -2.10. The molecule has 4 nitrogen and oxygen atoms in total. The van der Waals surface area contributed by atoms with Crippen molar-refractivity contribution in [3.8, 4) is 0 Å². The number of hydrogen-bond donors (Lipinski definition) is 0. The molecule has 0 unspecified atom stereocenters. The first-order chi connectivity index (χ1) is 9.41. The lowest BCUT2D eigenvalue weighted by Gasteiger charge is -2.39. The zero-order chi connectivity index (χ0) is 14.6. The number of benzene rings is 1. The molecule has 0 radical (unpaired) electrons. The zero-order valence-electron chi connectivity index (χ0n) is 12.6. The highest BCUT2D eigenvalue weighted by Gasteiger charge is 2.35. The number of aryl methyl sites for hydroxylation is 2. The molecule has 0 fully saturated rings. The van der Waals surface area contributed by atoms with E-state index < -0.39 is 0 Å². The summed E-state index contributed by atoms with van der Waals surface area (Å²) in [6, 6.07) is 4.23. The largest absolute Gasteiger partial charge is 0.319 e. The Morgan fingerprint density at radius 2 is 1.75 bits per heavy atom. The van der Waals surface area contributed by atoms with E-state index in [-0.39, 0.29) is 5.91 Å². The smallest absolute Gasteiger partial charge is 0.262 e. The average Bonchev–Trinajstić information content (AvgIpc) is 2.43. The van der Waals surface area contributed by atoms with Crippen molar-refractivity contribution in [1.82, 2.24) is 4.90 Å². The molecule has 0 N–H and O–H groups in total. The fourth-order valence-electron chi connectivity index (χ4n) is 2.71. The first-order valence-electron chi connectivity index (χ1n) is 6.82. The average molecular weight is 269 g/mol. The molecule has 0 saturated carbocycles. The number of amides is 1. The first-order valence-corrected chi connectivity index (χ1v) is 6.82. The maximum Gasteiger partial charge on any atom is 0.262 e. The minimum atomic E-state index is 0.0311. The number of aliphatic imine (C=N–C) groups is 1. The third-order valence-corrected chi connectivity index (χ3v) is 4.40. The van der Waals surface area contributed by atoms with E-state index in [1.54, 1.807) is 4.90 Å². The minimum absolute atomic E-state index is 0.0311. The van der Waals surface area contributed by atoms with Crippen molar-refractivity contribution in [1.29, 1.82) is 0 Å². The van der Waals surface area contributed by atoms with Gasteiger partial charge in [-0.1, -0.05) is 6.07 Å². The van der Waals surface area contributed by atoms with Crippen molar-refractivity contribution < 1.29 is 4.79 Å². The molecular formula is C16H19N3O. The molecule has 2 heterocycles. The van der Waals surface area contributed by atoms with Crippen LogP contribution in [0.15, 0.2) is 28.4 Å². The quantitative estimate of drug-likeness (QED) is 0.726. The summed E-state index contributed by atoms with van der Waals surface area (Å²) in [6.45, 7) is 8.64. The zero-order valence-corrected chi connectivity index (χ0v) is 12.6. The van der Waals surface area contributed by atoms with Gasteiger partial charge in [0.1, 0.15) is 0 Å². The Balaban J connectivity index is 2.21. The van der Waals surface area contributed by atoms with E-state index in [1.807, 2.05) is 25.8 Å². The van der Waals surface area contributed by atoms with Crippen molar-refractivity contribution in [2.45, 2.75) is 34.2 Å². The van der Waals surface area contributed by atoms with Gasteiger partial charge in [0.25, 0.3) is 5.91 Å². The Morgan fingerprint density at radius 1 is 1.10 bits per heavy atom. The van der Waals surface area contributed by atoms with Crippen LogP contribution in [0.4, 0.5) is 5.69 Å². The highest BCUT2D eigenvalue weighted by atomic mass is 16.2. The fourth-order valence-corrected chi connectivity index (χ4v) is 2.71. The maximum absolute atomic E-state index is 12.6. The SMILES string of the molecule is CC1=C(C)N(C)C2=NCc3cc(C)c(C)cc3N2C1=O. The third kappa shape index (κ3) is 1.60. The number of carbonyl (C=O) groups excluding carboxylic acids is 1. The number of anilines is 1. The van der Waals surface area contributed by atoms with Crippen LogP contribution in [0.2, 0.25) is 0 Å². The predicted octanol–water partition coefficient (Wildman–Crippen LogP) is 2.75. The Morgan fingerprint density at radius 3 is 2.45 bits per heavy atom.